The molecule has 2 rings (SSSR count). The van der Waals surface area contributed by atoms with Crippen LogP contribution in [0.2, 0.25) is 0 Å². The van der Waals surface area contributed by atoms with Crippen molar-refractivity contribution in [3.63, 3.8) is 0 Å². The van der Waals surface area contributed by atoms with Gasteiger partial charge in [0.25, 0.3) is 0 Å². The molecule has 8 heteroatoms. The molecular weight excluding hydrogens is 314 g/mol. The van der Waals surface area contributed by atoms with E-state index in [4.69, 9.17) is 4.74 Å². The van der Waals surface area contributed by atoms with Crippen molar-refractivity contribution >= 4 is 23.2 Å². The molecule has 2 aromatic rings. The van der Waals surface area contributed by atoms with Crippen molar-refractivity contribution < 1.29 is 9.53 Å². The average molecular weight is 337 g/mol. The molecule has 0 aliphatic carbocycles. The van der Waals surface area contributed by atoms with Crippen LogP contribution in [0.5, 0.6) is 0 Å². The molecule has 0 aliphatic rings. The molecule has 0 saturated carbocycles. The number of rotatable bonds is 5. The third-order valence-corrected chi connectivity index (χ3v) is 4.01. The molecule has 1 atom stereocenters. The van der Waals surface area contributed by atoms with E-state index in [0.717, 1.165) is 10.6 Å². The van der Waals surface area contributed by atoms with E-state index in [0.29, 0.717) is 12.4 Å². The summed E-state index contributed by atoms with van der Waals surface area (Å²) in [7, 11) is 1.78. The lowest BCUT2D eigenvalue weighted by molar-refractivity contribution is 0.0634. The number of nitrogens with one attached hydrogen (secondary N) is 2. The van der Waals surface area contributed by atoms with Crippen molar-refractivity contribution in [3.05, 3.63) is 28.3 Å². The van der Waals surface area contributed by atoms with E-state index in [9.17, 15) is 4.79 Å². The molecule has 0 saturated heterocycles. The lowest BCUT2D eigenvalue weighted by atomic mass is 10.2. The summed E-state index contributed by atoms with van der Waals surface area (Å²) in [5.74, 6) is 0.623. The fourth-order valence-corrected chi connectivity index (χ4v) is 2.64. The van der Waals surface area contributed by atoms with Crippen molar-refractivity contribution in [2.24, 2.45) is 7.05 Å². The average Bonchev–Trinajstić information content (AvgIpc) is 3.06. The van der Waals surface area contributed by atoms with Gasteiger partial charge in [-0.05, 0) is 27.7 Å². The van der Waals surface area contributed by atoms with E-state index < -0.39 is 11.7 Å². The summed E-state index contributed by atoms with van der Waals surface area (Å²) in [5, 5.41) is 13.3. The van der Waals surface area contributed by atoms with Gasteiger partial charge in [-0.3, -0.25) is 10.00 Å². The van der Waals surface area contributed by atoms with Crippen LogP contribution in [0.15, 0.2) is 17.8 Å². The molecule has 23 heavy (non-hydrogen) atoms. The number of nitrogens with zero attached hydrogens (tertiary/aromatic N) is 3. The first kappa shape index (κ1) is 17.4. The Morgan fingerprint density at radius 2 is 2.22 bits per heavy atom. The highest BCUT2D eigenvalue weighted by molar-refractivity contribution is 7.09. The van der Waals surface area contributed by atoms with Crippen LogP contribution in [-0.2, 0) is 18.3 Å². The largest absolute Gasteiger partial charge is 0.444 e. The molecule has 0 radical (unpaired) electrons. The number of ether oxygens (including phenoxy) is 1. The topological polar surface area (TPSA) is 81.1 Å². The highest BCUT2D eigenvalue weighted by Crippen LogP contribution is 2.19. The third-order valence-electron chi connectivity index (χ3n) is 3.05. The van der Waals surface area contributed by atoms with Crippen LogP contribution in [0, 0.1) is 0 Å². The van der Waals surface area contributed by atoms with Crippen molar-refractivity contribution in [1.29, 1.82) is 0 Å². The van der Waals surface area contributed by atoms with Crippen molar-refractivity contribution in [1.82, 2.24) is 20.1 Å². The summed E-state index contributed by atoms with van der Waals surface area (Å²) < 4.78 is 6.91. The SMILES string of the molecule is CC(NCc1cnn(C)c1NC(=O)OC(C)(C)C)c1nccs1. The fraction of sp³-hybridized carbons (Fsp3) is 0.533. The zero-order valence-corrected chi connectivity index (χ0v) is 14.9. The Morgan fingerprint density at radius 3 is 2.83 bits per heavy atom. The van der Waals surface area contributed by atoms with Gasteiger partial charge in [0.05, 0.1) is 12.2 Å². The highest BCUT2D eigenvalue weighted by atomic mass is 32.1. The minimum absolute atomic E-state index is 0.129. The van der Waals surface area contributed by atoms with Crippen LogP contribution < -0.4 is 10.6 Å². The quantitative estimate of drug-likeness (QED) is 0.876. The first-order chi connectivity index (χ1) is 10.8. The Hall–Kier alpha value is -1.93. The second-order valence-electron chi connectivity index (χ2n) is 6.24. The summed E-state index contributed by atoms with van der Waals surface area (Å²) in [6, 6.07) is 0.129. The monoisotopic (exact) mass is 337 g/mol. The lowest BCUT2D eigenvalue weighted by Crippen LogP contribution is -2.28. The van der Waals surface area contributed by atoms with Crippen LogP contribution in [0.4, 0.5) is 10.6 Å². The molecule has 0 bridgehead atoms. The number of anilines is 1. The second-order valence-corrected chi connectivity index (χ2v) is 7.17. The molecule has 0 aromatic carbocycles. The van der Waals surface area contributed by atoms with E-state index in [1.54, 1.807) is 35.5 Å². The van der Waals surface area contributed by atoms with Gasteiger partial charge >= 0.3 is 6.09 Å². The molecule has 2 aromatic heterocycles. The lowest BCUT2D eigenvalue weighted by Gasteiger charge is -2.20. The van der Waals surface area contributed by atoms with Crippen LogP contribution in [0.1, 0.15) is 44.3 Å². The summed E-state index contributed by atoms with van der Waals surface area (Å²) in [6.07, 6.45) is 3.03. The van der Waals surface area contributed by atoms with E-state index in [1.165, 1.54) is 0 Å². The van der Waals surface area contributed by atoms with Gasteiger partial charge in [-0.15, -0.1) is 11.3 Å². The smallest absolute Gasteiger partial charge is 0.413 e. The van der Waals surface area contributed by atoms with E-state index in [2.05, 4.69) is 27.6 Å². The normalized spacial score (nSPS) is 12.9. The van der Waals surface area contributed by atoms with Gasteiger partial charge in [0, 0.05) is 30.7 Å². The van der Waals surface area contributed by atoms with Crippen LogP contribution in [0.3, 0.4) is 0 Å². The van der Waals surface area contributed by atoms with Crippen LogP contribution in [0.25, 0.3) is 0 Å². The number of carbonyl (C=O) groups excluding carboxylic acids is 1. The zero-order valence-electron chi connectivity index (χ0n) is 14.1. The molecule has 0 spiro atoms. The Bertz CT molecular complexity index is 645. The Kier molecular flexibility index (Phi) is 5.38. The molecule has 1 unspecified atom stereocenters. The van der Waals surface area contributed by atoms with Gasteiger partial charge in [0.2, 0.25) is 0 Å². The number of carbonyl (C=O) groups is 1. The summed E-state index contributed by atoms with van der Waals surface area (Å²) in [4.78, 5) is 16.2. The number of thiazole rings is 1. The molecule has 2 heterocycles. The molecule has 0 aliphatic heterocycles. The van der Waals surface area contributed by atoms with E-state index in [1.807, 2.05) is 26.2 Å². The van der Waals surface area contributed by atoms with Crippen LogP contribution in [-0.4, -0.2) is 26.5 Å². The van der Waals surface area contributed by atoms with Gasteiger partial charge in [-0.25, -0.2) is 9.78 Å². The van der Waals surface area contributed by atoms with E-state index in [-0.39, 0.29) is 6.04 Å². The Morgan fingerprint density at radius 1 is 1.48 bits per heavy atom. The van der Waals surface area contributed by atoms with Crippen molar-refractivity contribution in [2.75, 3.05) is 5.32 Å². The fourth-order valence-electron chi connectivity index (χ4n) is 1.97. The Labute approximate surface area is 140 Å². The maximum Gasteiger partial charge on any atom is 0.413 e. The first-order valence-corrected chi connectivity index (χ1v) is 8.28. The molecule has 1 amide bonds. The number of aromatic nitrogens is 3. The maximum atomic E-state index is 12.0. The van der Waals surface area contributed by atoms with Crippen molar-refractivity contribution in [3.8, 4) is 0 Å². The van der Waals surface area contributed by atoms with Gasteiger partial charge in [-0.1, -0.05) is 0 Å². The predicted octanol–water partition coefficient (Wildman–Crippen LogP) is 3.07. The molecule has 7 nitrogen and oxygen atoms in total. The summed E-state index contributed by atoms with van der Waals surface area (Å²) in [6.45, 7) is 8.10. The molecular formula is C15H23N5O2S. The maximum absolute atomic E-state index is 12.0. The van der Waals surface area contributed by atoms with Crippen LogP contribution >= 0.6 is 11.3 Å². The first-order valence-electron chi connectivity index (χ1n) is 7.40. The number of amides is 1. The zero-order chi connectivity index (χ0) is 17.0. The Balaban J connectivity index is 1.99. The third kappa shape index (κ3) is 5.04. The highest BCUT2D eigenvalue weighted by Gasteiger charge is 2.19. The number of hydrogen-bond acceptors (Lipinski definition) is 6. The molecule has 0 fully saturated rings. The summed E-state index contributed by atoms with van der Waals surface area (Å²) in [5.41, 5.74) is 0.349. The second kappa shape index (κ2) is 7.10. The summed E-state index contributed by atoms with van der Waals surface area (Å²) >= 11 is 1.61. The van der Waals surface area contributed by atoms with Gasteiger partial charge in [-0.2, -0.15) is 5.10 Å². The number of aryl methyl sites for hydroxylation is 1. The molecule has 126 valence electrons. The van der Waals surface area contributed by atoms with Crippen molar-refractivity contribution in [2.45, 2.75) is 45.9 Å². The van der Waals surface area contributed by atoms with E-state index >= 15 is 0 Å². The predicted molar refractivity (Wildman–Crippen MR) is 90.4 cm³/mol. The molecule has 2 N–H and O–H groups in total. The van der Waals surface area contributed by atoms with Gasteiger partial charge < -0.3 is 10.1 Å². The van der Waals surface area contributed by atoms with Gasteiger partial charge in [0.1, 0.15) is 16.4 Å². The van der Waals surface area contributed by atoms with Gasteiger partial charge in [0.15, 0.2) is 0 Å². The number of hydrogen-bond donors (Lipinski definition) is 2. The standard InChI is InChI=1S/C15H23N5O2S/c1-10(13-16-6-7-23-13)17-8-11-9-18-20(5)12(11)19-14(21)22-15(2,3)4/h6-7,9-10,17H,8H2,1-5H3,(H,19,21). The minimum Gasteiger partial charge on any atom is -0.444 e. The minimum atomic E-state index is -0.541.